The zero-order valence-corrected chi connectivity index (χ0v) is 17.2. The summed E-state index contributed by atoms with van der Waals surface area (Å²) in [6.45, 7) is 9.13. The molecule has 146 valence electrons. The van der Waals surface area contributed by atoms with Crippen LogP contribution in [0.2, 0.25) is 5.02 Å². The number of aryl methyl sites for hydroxylation is 4. The van der Waals surface area contributed by atoms with Gasteiger partial charge in [-0.25, -0.2) is 4.79 Å². The van der Waals surface area contributed by atoms with Gasteiger partial charge in [0.15, 0.2) is 6.10 Å². The molecule has 0 bridgehead atoms. The molecule has 0 spiro atoms. The number of furan rings is 1. The van der Waals surface area contributed by atoms with Crippen LogP contribution in [0, 0.1) is 27.7 Å². The molecule has 1 aromatic heterocycles. The number of nitrogens with one attached hydrogen (secondary N) is 1. The maximum atomic E-state index is 12.5. The molecule has 0 fully saturated rings. The summed E-state index contributed by atoms with van der Waals surface area (Å²) in [5.74, 6) is -1.02. The number of anilines is 1. The molecule has 3 aromatic rings. The van der Waals surface area contributed by atoms with Gasteiger partial charge < -0.3 is 14.5 Å². The molecule has 0 aliphatic carbocycles. The van der Waals surface area contributed by atoms with Crippen molar-refractivity contribution < 1.29 is 18.7 Å². The molecule has 6 heteroatoms. The summed E-state index contributed by atoms with van der Waals surface area (Å²) in [6.07, 6.45) is -0.983. The number of esters is 1. The number of amides is 1. The molecule has 0 unspecified atom stereocenters. The Kier molecular flexibility index (Phi) is 5.47. The van der Waals surface area contributed by atoms with Gasteiger partial charge in [0, 0.05) is 21.7 Å². The highest BCUT2D eigenvalue weighted by atomic mass is 35.5. The standard InChI is InChI=1S/C22H22ClNO4/c1-11-8-12(2)19(13(3)9-11)24-21(25)15(5)27-22(26)20-14(4)17-10-16(23)6-7-18(17)28-20/h6-10,15H,1-5H3,(H,24,25)/t15-/m0/s1. The molecule has 0 radical (unpaired) electrons. The van der Waals surface area contributed by atoms with Crippen molar-refractivity contribution in [3.63, 3.8) is 0 Å². The van der Waals surface area contributed by atoms with Gasteiger partial charge in [-0.05, 0) is 63.9 Å². The van der Waals surface area contributed by atoms with Gasteiger partial charge in [-0.3, -0.25) is 4.79 Å². The molecule has 1 N–H and O–H groups in total. The van der Waals surface area contributed by atoms with E-state index in [9.17, 15) is 9.59 Å². The number of fused-ring (bicyclic) bond motifs is 1. The normalized spacial score (nSPS) is 12.1. The molecule has 1 atom stereocenters. The van der Waals surface area contributed by atoms with Crippen molar-refractivity contribution in [2.45, 2.75) is 40.7 Å². The summed E-state index contributed by atoms with van der Waals surface area (Å²) < 4.78 is 10.9. The van der Waals surface area contributed by atoms with Gasteiger partial charge in [0.2, 0.25) is 5.76 Å². The van der Waals surface area contributed by atoms with Crippen LogP contribution in [0.5, 0.6) is 0 Å². The highest BCUT2D eigenvalue weighted by Crippen LogP contribution is 2.28. The van der Waals surface area contributed by atoms with Crippen LogP contribution in [0.15, 0.2) is 34.7 Å². The lowest BCUT2D eigenvalue weighted by Gasteiger charge is -2.16. The summed E-state index contributed by atoms with van der Waals surface area (Å²) >= 11 is 6.01. The van der Waals surface area contributed by atoms with E-state index in [1.807, 2.05) is 32.9 Å². The van der Waals surface area contributed by atoms with Crippen molar-refractivity contribution >= 4 is 40.1 Å². The Hall–Kier alpha value is -2.79. The zero-order chi connectivity index (χ0) is 20.6. The average molecular weight is 400 g/mol. The summed E-state index contributed by atoms with van der Waals surface area (Å²) in [5, 5.41) is 4.13. The number of hydrogen-bond acceptors (Lipinski definition) is 4. The Morgan fingerprint density at radius 1 is 1.07 bits per heavy atom. The zero-order valence-electron chi connectivity index (χ0n) is 16.5. The lowest BCUT2D eigenvalue weighted by molar-refractivity contribution is -0.123. The molecular formula is C22H22ClNO4. The van der Waals surface area contributed by atoms with Crippen LogP contribution >= 0.6 is 11.6 Å². The van der Waals surface area contributed by atoms with Crippen LogP contribution in [0.1, 0.15) is 39.7 Å². The first-order valence-corrected chi connectivity index (χ1v) is 9.33. The van der Waals surface area contributed by atoms with E-state index in [0.717, 1.165) is 27.8 Å². The van der Waals surface area contributed by atoms with E-state index >= 15 is 0 Å². The van der Waals surface area contributed by atoms with Gasteiger partial charge in [-0.15, -0.1) is 0 Å². The summed E-state index contributed by atoms with van der Waals surface area (Å²) in [7, 11) is 0. The number of carbonyl (C=O) groups is 2. The molecule has 1 amide bonds. The van der Waals surface area contributed by atoms with E-state index in [1.165, 1.54) is 6.92 Å². The fraction of sp³-hybridized carbons (Fsp3) is 0.273. The van der Waals surface area contributed by atoms with Crippen LogP contribution in [0.3, 0.4) is 0 Å². The highest BCUT2D eigenvalue weighted by Gasteiger charge is 2.25. The largest absolute Gasteiger partial charge is 0.449 e. The number of ether oxygens (including phenoxy) is 1. The van der Waals surface area contributed by atoms with Crippen molar-refractivity contribution in [3.8, 4) is 0 Å². The summed E-state index contributed by atoms with van der Waals surface area (Å²) in [5.41, 5.74) is 4.92. The Labute approximate surface area is 168 Å². The number of benzene rings is 2. The minimum Gasteiger partial charge on any atom is -0.449 e. The third-order valence-corrected chi connectivity index (χ3v) is 4.90. The van der Waals surface area contributed by atoms with Gasteiger partial charge in [-0.1, -0.05) is 29.3 Å². The Balaban J connectivity index is 1.76. The fourth-order valence-corrected chi connectivity index (χ4v) is 3.43. The van der Waals surface area contributed by atoms with E-state index in [2.05, 4.69) is 5.32 Å². The predicted molar refractivity (Wildman–Crippen MR) is 110 cm³/mol. The first-order chi connectivity index (χ1) is 13.2. The molecule has 5 nitrogen and oxygen atoms in total. The van der Waals surface area contributed by atoms with E-state index in [1.54, 1.807) is 25.1 Å². The lowest BCUT2D eigenvalue weighted by atomic mass is 10.0. The molecular weight excluding hydrogens is 378 g/mol. The molecule has 0 aliphatic heterocycles. The third kappa shape index (κ3) is 3.90. The SMILES string of the molecule is Cc1cc(C)c(NC(=O)[C@H](C)OC(=O)c2oc3ccc(Cl)cc3c2C)c(C)c1. The van der Waals surface area contributed by atoms with E-state index in [4.69, 9.17) is 20.8 Å². The molecule has 2 aromatic carbocycles. The van der Waals surface area contributed by atoms with Gasteiger partial charge in [0.1, 0.15) is 5.58 Å². The molecule has 3 rings (SSSR count). The second kappa shape index (κ2) is 7.68. The van der Waals surface area contributed by atoms with Crippen molar-refractivity contribution in [1.82, 2.24) is 0 Å². The highest BCUT2D eigenvalue weighted by molar-refractivity contribution is 6.31. The molecule has 1 heterocycles. The fourth-order valence-electron chi connectivity index (χ4n) is 3.26. The van der Waals surface area contributed by atoms with Crippen molar-refractivity contribution in [1.29, 1.82) is 0 Å². The topological polar surface area (TPSA) is 68.5 Å². The quantitative estimate of drug-likeness (QED) is 0.588. The molecule has 0 aliphatic rings. The number of halogens is 1. The van der Waals surface area contributed by atoms with Crippen LogP contribution in [-0.2, 0) is 9.53 Å². The minimum absolute atomic E-state index is 0.0691. The predicted octanol–water partition coefficient (Wildman–Crippen LogP) is 5.50. The Morgan fingerprint density at radius 3 is 2.36 bits per heavy atom. The number of rotatable bonds is 4. The van der Waals surface area contributed by atoms with Crippen molar-refractivity contribution in [3.05, 3.63) is 63.4 Å². The van der Waals surface area contributed by atoms with E-state index in [-0.39, 0.29) is 5.76 Å². The number of hydrogen-bond donors (Lipinski definition) is 1. The first-order valence-electron chi connectivity index (χ1n) is 8.95. The second-order valence-electron chi connectivity index (χ2n) is 7.01. The second-order valence-corrected chi connectivity index (χ2v) is 7.44. The van der Waals surface area contributed by atoms with Gasteiger partial charge >= 0.3 is 5.97 Å². The molecule has 28 heavy (non-hydrogen) atoms. The van der Waals surface area contributed by atoms with E-state index < -0.39 is 18.0 Å². The van der Waals surface area contributed by atoms with Gasteiger partial charge in [-0.2, -0.15) is 0 Å². The van der Waals surface area contributed by atoms with Crippen LogP contribution < -0.4 is 5.32 Å². The van der Waals surface area contributed by atoms with Crippen molar-refractivity contribution in [2.24, 2.45) is 0 Å². The van der Waals surface area contributed by atoms with Crippen molar-refractivity contribution in [2.75, 3.05) is 5.32 Å². The maximum Gasteiger partial charge on any atom is 0.375 e. The monoisotopic (exact) mass is 399 g/mol. The maximum absolute atomic E-state index is 12.5. The first kappa shape index (κ1) is 20.0. The molecule has 0 saturated carbocycles. The number of carbonyl (C=O) groups excluding carboxylic acids is 2. The summed E-state index contributed by atoms with van der Waals surface area (Å²) in [6, 6.07) is 9.08. The van der Waals surface area contributed by atoms with Crippen LogP contribution in [-0.4, -0.2) is 18.0 Å². The van der Waals surface area contributed by atoms with Gasteiger partial charge in [0.25, 0.3) is 5.91 Å². The lowest BCUT2D eigenvalue weighted by Crippen LogP contribution is -2.30. The van der Waals surface area contributed by atoms with Gasteiger partial charge in [0.05, 0.1) is 0 Å². The third-order valence-electron chi connectivity index (χ3n) is 4.66. The minimum atomic E-state index is -0.983. The summed E-state index contributed by atoms with van der Waals surface area (Å²) in [4.78, 5) is 25.1. The Morgan fingerprint density at radius 2 is 1.71 bits per heavy atom. The van der Waals surface area contributed by atoms with E-state index in [0.29, 0.717) is 16.2 Å². The molecule has 0 saturated heterocycles. The average Bonchev–Trinajstić information content (AvgIpc) is 2.94. The smallest absolute Gasteiger partial charge is 0.375 e. The Bertz CT molecular complexity index is 1060. The van der Waals surface area contributed by atoms with Crippen LogP contribution in [0.4, 0.5) is 5.69 Å². The van der Waals surface area contributed by atoms with Crippen LogP contribution in [0.25, 0.3) is 11.0 Å².